The van der Waals surface area contributed by atoms with Crippen LogP contribution in [0.1, 0.15) is 12.8 Å². The van der Waals surface area contributed by atoms with Gasteiger partial charge in [-0.15, -0.1) is 0 Å². The Balaban J connectivity index is 1.73. The minimum Gasteiger partial charge on any atom is -0.492 e. The Labute approximate surface area is 111 Å². The summed E-state index contributed by atoms with van der Waals surface area (Å²) in [5.74, 6) is -0.635. The number of hydrogen-bond acceptors (Lipinski definition) is 3. The van der Waals surface area contributed by atoms with Crippen molar-refractivity contribution in [3.63, 3.8) is 0 Å². The van der Waals surface area contributed by atoms with Gasteiger partial charge in [0.15, 0.2) is 0 Å². The second-order valence-electron chi connectivity index (χ2n) is 4.78. The van der Waals surface area contributed by atoms with E-state index in [4.69, 9.17) is 9.84 Å². The van der Waals surface area contributed by atoms with Gasteiger partial charge in [0.25, 0.3) is 0 Å². The minimum atomic E-state index is -0.718. The first-order valence-corrected chi connectivity index (χ1v) is 6.48. The number of hydrogen-bond donors (Lipinski definition) is 1. The summed E-state index contributed by atoms with van der Waals surface area (Å²) in [6.07, 6.45) is 1.66. The number of benzene rings is 1. The van der Waals surface area contributed by atoms with E-state index in [1.54, 1.807) is 12.1 Å². The van der Waals surface area contributed by atoms with Crippen LogP contribution in [0.4, 0.5) is 4.39 Å². The molecule has 0 bridgehead atoms. The third-order valence-corrected chi connectivity index (χ3v) is 3.34. The van der Waals surface area contributed by atoms with E-state index in [0.717, 1.165) is 19.4 Å². The predicted molar refractivity (Wildman–Crippen MR) is 68.7 cm³/mol. The van der Waals surface area contributed by atoms with Crippen LogP contribution in [0, 0.1) is 11.7 Å². The third-order valence-electron chi connectivity index (χ3n) is 3.34. The Hall–Kier alpha value is -1.62. The van der Waals surface area contributed by atoms with Gasteiger partial charge < -0.3 is 9.84 Å². The van der Waals surface area contributed by atoms with E-state index in [1.807, 2.05) is 0 Å². The molecule has 0 spiro atoms. The number of nitrogens with zero attached hydrogens (tertiary/aromatic N) is 1. The molecule has 1 aliphatic rings. The van der Waals surface area contributed by atoms with Crippen LogP contribution in [0.25, 0.3) is 0 Å². The zero-order chi connectivity index (χ0) is 13.7. The third kappa shape index (κ3) is 4.21. The van der Waals surface area contributed by atoms with Crippen LogP contribution >= 0.6 is 0 Å². The summed E-state index contributed by atoms with van der Waals surface area (Å²) in [4.78, 5) is 13.0. The molecule has 1 fully saturated rings. The molecular formula is C14H18FNO3. The number of likely N-dealkylation sites (tertiary alicyclic amines) is 1. The van der Waals surface area contributed by atoms with Crippen LogP contribution in [-0.4, -0.2) is 42.2 Å². The molecule has 1 N–H and O–H groups in total. The summed E-state index contributed by atoms with van der Waals surface area (Å²) >= 11 is 0. The smallest absolute Gasteiger partial charge is 0.307 e. The first-order chi connectivity index (χ1) is 9.15. The van der Waals surface area contributed by atoms with E-state index in [9.17, 15) is 9.18 Å². The highest BCUT2D eigenvalue weighted by Gasteiger charge is 2.24. The number of halogens is 1. The molecule has 0 aliphatic carbocycles. The molecule has 0 aromatic heterocycles. The molecule has 19 heavy (non-hydrogen) atoms. The summed E-state index contributed by atoms with van der Waals surface area (Å²) in [6.45, 7) is 2.68. The van der Waals surface area contributed by atoms with Gasteiger partial charge >= 0.3 is 5.97 Å². The molecular weight excluding hydrogens is 249 g/mol. The minimum absolute atomic E-state index is 0.264. The van der Waals surface area contributed by atoms with Gasteiger partial charge in [-0.3, -0.25) is 9.69 Å². The lowest BCUT2D eigenvalue weighted by Crippen LogP contribution is -2.40. The first kappa shape index (κ1) is 13.8. The van der Waals surface area contributed by atoms with Crippen LogP contribution in [0.15, 0.2) is 24.3 Å². The number of carboxylic acid groups (broad SMARTS) is 1. The fourth-order valence-corrected chi connectivity index (χ4v) is 2.28. The number of carboxylic acids is 1. The zero-order valence-corrected chi connectivity index (χ0v) is 10.7. The van der Waals surface area contributed by atoms with E-state index < -0.39 is 5.97 Å². The van der Waals surface area contributed by atoms with Crippen molar-refractivity contribution in [1.29, 1.82) is 0 Å². The number of rotatable bonds is 5. The average molecular weight is 267 g/mol. The lowest BCUT2D eigenvalue weighted by atomic mass is 9.98. The van der Waals surface area contributed by atoms with Gasteiger partial charge in [-0.2, -0.15) is 0 Å². The van der Waals surface area contributed by atoms with Crippen molar-refractivity contribution < 1.29 is 19.0 Å². The Bertz CT molecular complexity index is 421. The van der Waals surface area contributed by atoms with Crippen LogP contribution in [-0.2, 0) is 4.79 Å². The molecule has 104 valence electrons. The van der Waals surface area contributed by atoms with Crippen LogP contribution in [0.3, 0.4) is 0 Å². The monoisotopic (exact) mass is 267 g/mol. The molecule has 1 saturated heterocycles. The van der Waals surface area contributed by atoms with Crippen molar-refractivity contribution >= 4 is 5.97 Å². The van der Waals surface area contributed by atoms with Crippen molar-refractivity contribution in [2.45, 2.75) is 12.8 Å². The lowest BCUT2D eigenvalue weighted by Gasteiger charge is -2.30. The van der Waals surface area contributed by atoms with E-state index in [1.165, 1.54) is 12.1 Å². The van der Waals surface area contributed by atoms with Crippen LogP contribution in [0.2, 0.25) is 0 Å². The molecule has 4 nitrogen and oxygen atoms in total. The van der Waals surface area contributed by atoms with Crippen molar-refractivity contribution in [1.82, 2.24) is 4.90 Å². The summed E-state index contributed by atoms with van der Waals surface area (Å²) in [5, 5.41) is 8.99. The summed E-state index contributed by atoms with van der Waals surface area (Å²) in [6, 6.07) is 5.89. The van der Waals surface area contributed by atoms with Gasteiger partial charge in [-0.1, -0.05) is 0 Å². The SMILES string of the molecule is O=C(O)[C@@H]1CCCN(CCOc2ccc(F)cc2)C1. The van der Waals surface area contributed by atoms with E-state index in [-0.39, 0.29) is 11.7 Å². The Morgan fingerprint density at radius 2 is 2.16 bits per heavy atom. The Morgan fingerprint density at radius 3 is 2.84 bits per heavy atom. The topological polar surface area (TPSA) is 49.8 Å². The lowest BCUT2D eigenvalue weighted by molar-refractivity contribution is -0.143. The summed E-state index contributed by atoms with van der Waals surface area (Å²) in [7, 11) is 0. The number of aliphatic carboxylic acids is 1. The fraction of sp³-hybridized carbons (Fsp3) is 0.500. The summed E-state index contributed by atoms with van der Waals surface area (Å²) < 4.78 is 18.2. The van der Waals surface area contributed by atoms with Gasteiger partial charge in [-0.05, 0) is 43.7 Å². The van der Waals surface area contributed by atoms with Gasteiger partial charge in [0.2, 0.25) is 0 Å². The van der Waals surface area contributed by atoms with E-state index in [2.05, 4.69) is 4.90 Å². The molecule has 0 saturated carbocycles. The maximum absolute atomic E-state index is 12.7. The zero-order valence-electron chi connectivity index (χ0n) is 10.7. The van der Waals surface area contributed by atoms with Gasteiger partial charge in [0.1, 0.15) is 18.2 Å². The quantitative estimate of drug-likeness (QED) is 0.886. The molecule has 0 amide bonds. The fourth-order valence-electron chi connectivity index (χ4n) is 2.28. The standard InChI is InChI=1S/C14H18FNO3/c15-12-3-5-13(6-4-12)19-9-8-16-7-1-2-11(10-16)14(17)18/h3-6,11H,1-2,7-10H2,(H,17,18)/t11-/m1/s1. The molecule has 1 atom stereocenters. The van der Waals surface area contributed by atoms with Crippen molar-refractivity contribution in [2.75, 3.05) is 26.2 Å². The first-order valence-electron chi connectivity index (χ1n) is 6.48. The second-order valence-corrected chi connectivity index (χ2v) is 4.78. The molecule has 1 heterocycles. The van der Waals surface area contributed by atoms with Gasteiger partial charge in [0, 0.05) is 13.1 Å². The van der Waals surface area contributed by atoms with Crippen molar-refractivity contribution in [3.05, 3.63) is 30.1 Å². The Kier molecular flexibility index (Phi) is 4.74. The molecule has 1 aromatic rings. The van der Waals surface area contributed by atoms with Gasteiger partial charge in [-0.25, -0.2) is 4.39 Å². The molecule has 0 radical (unpaired) electrons. The molecule has 2 rings (SSSR count). The Morgan fingerprint density at radius 1 is 1.42 bits per heavy atom. The number of carbonyl (C=O) groups is 1. The van der Waals surface area contributed by atoms with Crippen LogP contribution in [0.5, 0.6) is 5.75 Å². The van der Waals surface area contributed by atoms with Gasteiger partial charge in [0.05, 0.1) is 5.92 Å². The highest BCUT2D eigenvalue weighted by molar-refractivity contribution is 5.70. The maximum Gasteiger partial charge on any atom is 0.307 e. The largest absolute Gasteiger partial charge is 0.492 e. The van der Waals surface area contributed by atoms with Crippen LogP contribution < -0.4 is 4.74 Å². The normalized spacial score (nSPS) is 20.2. The van der Waals surface area contributed by atoms with E-state index >= 15 is 0 Å². The summed E-state index contributed by atoms with van der Waals surface area (Å²) in [5.41, 5.74) is 0. The highest BCUT2D eigenvalue weighted by atomic mass is 19.1. The number of ether oxygens (including phenoxy) is 1. The van der Waals surface area contributed by atoms with Crippen molar-refractivity contribution in [3.8, 4) is 5.75 Å². The molecule has 1 aromatic carbocycles. The molecule has 1 aliphatic heterocycles. The second kappa shape index (κ2) is 6.52. The highest BCUT2D eigenvalue weighted by Crippen LogP contribution is 2.16. The molecule has 5 heteroatoms. The number of piperidine rings is 1. The van der Waals surface area contributed by atoms with Crippen molar-refractivity contribution in [2.24, 2.45) is 5.92 Å². The predicted octanol–water partition coefficient (Wildman–Crippen LogP) is 2.00. The maximum atomic E-state index is 12.7. The molecule has 0 unspecified atom stereocenters. The van der Waals surface area contributed by atoms with E-state index in [0.29, 0.717) is 25.4 Å². The average Bonchev–Trinajstić information content (AvgIpc) is 2.41.